The SMILES string of the molecule is CCOCc1ccc(CNC(=O)C2CCCN2S(=O)(=O)c2cccs2)cc1. The number of hydrogen-bond donors (Lipinski definition) is 1. The Balaban J connectivity index is 1.60. The Morgan fingerprint density at radius 1 is 1.26 bits per heavy atom. The summed E-state index contributed by atoms with van der Waals surface area (Å²) in [5.41, 5.74) is 2.05. The van der Waals surface area contributed by atoms with E-state index in [1.807, 2.05) is 31.2 Å². The summed E-state index contributed by atoms with van der Waals surface area (Å²) in [7, 11) is -3.61. The maximum absolute atomic E-state index is 12.8. The second-order valence-corrected chi connectivity index (χ2v) is 9.44. The zero-order chi connectivity index (χ0) is 19.3. The zero-order valence-corrected chi connectivity index (χ0v) is 16.9. The van der Waals surface area contributed by atoms with Crippen LogP contribution in [0.25, 0.3) is 0 Å². The normalized spacial score (nSPS) is 17.9. The molecule has 1 aliphatic rings. The molecule has 8 heteroatoms. The van der Waals surface area contributed by atoms with Crippen LogP contribution in [0.2, 0.25) is 0 Å². The average molecular weight is 409 g/mol. The van der Waals surface area contributed by atoms with Gasteiger partial charge < -0.3 is 10.1 Å². The summed E-state index contributed by atoms with van der Waals surface area (Å²) in [6, 6.07) is 10.5. The van der Waals surface area contributed by atoms with Crippen LogP contribution < -0.4 is 5.32 Å². The molecule has 3 rings (SSSR count). The first-order valence-corrected chi connectivity index (χ1v) is 11.3. The number of rotatable bonds is 8. The molecular weight excluding hydrogens is 384 g/mol. The van der Waals surface area contributed by atoms with Crippen molar-refractivity contribution in [2.45, 2.75) is 43.2 Å². The third-order valence-electron chi connectivity index (χ3n) is 4.53. The van der Waals surface area contributed by atoms with Gasteiger partial charge in [-0.1, -0.05) is 30.3 Å². The predicted molar refractivity (Wildman–Crippen MR) is 105 cm³/mol. The van der Waals surface area contributed by atoms with Crippen molar-refractivity contribution in [3.8, 4) is 0 Å². The first kappa shape index (κ1) is 20.0. The van der Waals surface area contributed by atoms with Crippen LogP contribution in [0.4, 0.5) is 0 Å². The fraction of sp³-hybridized carbons (Fsp3) is 0.421. The quantitative estimate of drug-likeness (QED) is 0.729. The second kappa shape index (κ2) is 8.97. The summed E-state index contributed by atoms with van der Waals surface area (Å²) in [4.78, 5) is 12.6. The molecule has 1 unspecified atom stereocenters. The number of nitrogens with zero attached hydrogens (tertiary/aromatic N) is 1. The van der Waals surface area contributed by atoms with Gasteiger partial charge >= 0.3 is 0 Å². The number of nitrogens with one attached hydrogen (secondary N) is 1. The molecule has 1 fully saturated rings. The second-order valence-electron chi connectivity index (χ2n) is 6.38. The average Bonchev–Trinajstić information content (AvgIpc) is 3.37. The lowest BCUT2D eigenvalue weighted by molar-refractivity contribution is -0.124. The van der Waals surface area contributed by atoms with E-state index < -0.39 is 16.1 Å². The molecule has 1 aliphatic heterocycles. The van der Waals surface area contributed by atoms with Crippen LogP contribution in [0.15, 0.2) is 46.0 Å². The van der Waals surface area contributed by atoms with Crippen molar-refractivity contribution in [3.05, 3.63) is 52.9 Å². The van der Waals surface area contributed by atoms with Crippen LogP contribution in [0.3, 0.4) is 0 Å². The molecule has 1 saturated heterocycles. The summed E-state index contributed by atoms with van der Waals surface area (Å²) in [6.07, 6.45) is 1.23. The highest BCUT2D eigenvalue weighted by atomic mass is 32.2. The van der Waals surface area contributed by atoms with E-state index in [0.717, 1.165) is 11.1 Å². The number of ether oxygens (including phenoxy) is 1. The van der Waals surface area contributed by atoms with Crippen molar-refractivity contribution in [3.63, 3.8) is 0 Å². The van der Waals surface area contributed by atoms with Gasteiger partial charge in [-0.2, -0.15) is 4.31 Å². The number of sulfonamides is 1. The van der Waals surface area contributed by atoms with Gasteiger partial charge in [0.25, 0.3) is 10.0 Å². The first-order valence-electron chi connectivity index (χ1n) is 9.01. The minimum atomic E-state index is -3.61. The van der Waals surface area contributed by atoms with Gasteiger partial charge in [-0.15, -0.1) is 11.3 Å². The number of amides is 1. The maximum atomic E-state index is 12.8. The van der Waals surface area contributed by atoms with Crippen molar-refractivity contribution in [1.82, 2.24) is 9.62 Å². The van der Waals surface area contributed by atoms with Crippen molar-refractivity contribution in [2.75, 3.05) is 13.2 Å². The van der Waals surface area contributed by atoms with E-state index in [0.29, 0.717) is 39.1 Å². The van der Waals surface area contributed by atoms with Crippen molar-refractivity contribution >= 4 is 27.3 Å². The summed E-state index contributed by atoms with van der Waals surface area (Å²) in [5.74, 6) is -0.244. The molecule has 27 heavy (non-hydrogen) atoms. The molecule has 0 bridgehead atoms. The summed E-state index contributed by atoms with van der Waals surface area (Å²) >= 11 is 1.18. The molecule has 0 radical (unpaired) electrons. The minimum absolute atomic E-state index is 0.244. The molecule has 2 heterocycles. The topological polar surface area (TPSA) is 75.7 Å². The van der Waals surface area contributed by atoms with Crippen LogP contribution in [-0.2, 0) is 32.7 Å². The Labute approximate surface area is 164 Å². The standard InChI is InChI=1S/C19H24N2O4S2/c1-2-25-14-16-9-7-15(8-10-16)13-20-19(22)17-5-3-11-21(17)27(23,24)18-6-4-12-26-18/h4,6-10,12,17H,2-3,5,11,13-14H2,1H3,(H,20,22). The van der Waals surface area contributed by atoms with Crippen molar-refractivity contribution < 1.29 is 17.9 Å². The molecule has 6 nitrogen and oxygen atoms in total. The summed E-state index contributed by atoms with van der Waals surface area (Å²) in [5, 5.41) is 4.61. The Morgan fingerprint density at radius 3 is 2.67 bits per heavy atom. The lowest BCUT2D eigenvalue weighted by Crippen LogP contribution is -2.45. The van der Waals surface area contributed by atoms with Gasteiger partial charge in [0.15, 0.2) is 0 Å². The van der Waals surface area contributed by atoms with Gasteiger partial charge in [-0.25, -0.2) is 8.42 Å². The lowest BCUT2D eigenvalue weighted by atomic mass is 10.1. The molecule has 1 N–H and O–H groups in total. The lowest BCUT2D eigenvalue weighted by Gasteiger charge is -2.22. The number of carbonyl (C=O) groups is 1. The van der Waals surface area contributed by atoms with Crippen LogP contribution in [-0.4, -0.2) is 37.8 Å². The number of thiophene rings is 1. The van der Waals surface area contributed by atoms with Crippen molar-refractivity contribution in [1.29, 1.82) is 0 Å². The predicted octanol–water partition coefficient (Wildman–Crippen LogP) is 2.75. The highest BCUT2D eigenvalue weighted by Gasteiger charge is 2.39. The highest BCUT2D eigenvalue weighted by molar-refractivity contribution is 7.91. The van der Waals surface area contributed by atoms with Gasteiger partial charge in [-0.05, 0) is 42.3 Å². The Morgan fingerprint density at radius 2 is 2.00 bits per heavy atom. The van der Waals surface area contributed by atoms with Crippen LogP contribution in [0, 0.1) is 0 Å². The molecule has 146 valence electrons. The van der Waals surface area contributed by atoms with Gasteiger partial charge in [0.1, 0.15) is 10.3 Å². The van der Waals surface area contributed by atoms with E-state index in [9.17, 15) is 13.2 Å². The van der Waals surface area contributed by atoms with E-state index in [1.54, 1.807) is 17.5 Å². The monoisotopic (exact) mass is 408 g/mol. The smallest absolute Gasteiger partial charge is 0.253 e. The van der Waals surface area contributed by atoms with E-state index >= 15 is 0 Å². The summed E-state index contributed by atoms with van der Waals surface area (Å²) in [6.45, 7) is 3.95. The van der Waals surface area contributed by atoms with E-state index in [2.05, 4.69) is 5.32 Å². The fourth-order valence-electron chi connectivity index (χ4n) is 3.10. The Bertz CT molecular complexity index is 848. The zero-order valence-electron chi connectivity index (χ0n) is 15.3. The Hall–Kier alpha value is -1.74. The number of carbonyl (C=O) groups excluding carboxylic acids is 1. The molecule has 0 saturated carbocycles. The Kier molecular flexibility index (Phi) is 6.64. The number of benzene rings is 1. The van der Waals surface area contributed by atoms with Crippen LogP contribution in [0.1, 0.15) is 30.9 Å². The van der Waals surface area contributed by atoms with Gasteiger partial charge in [0, 0.05) is 19.7 Å². The van der Waals surface area contributed by atoms with Gasteiger partial charge in [-0.3, -0.25) is 4.79 Å². The molecule has 1 atom stereocenters. The van der Waals surface area contributed by atoms with E-state index in [1.165, 1.54) is 15.6 Å². The molecular formula is C19H24N2O4S2. The maximum Gasteiger partial charge on any atom is 0.253 e. The molecule has 1 amide bonds. The van der Waals surface area contributed by atoms with Gasteiger partial charge in [0.2, 0.25) is 5.91 Å². The molecule has 1 aromatic heterocycles. The highest BCUT2D eigenvalue weighted by Crippen LogP contribution is 2.28. The van der Waals surface area contributed by atoms with Crippen molar-refractivity contribution in [2.24, 2.45) is 0 Å². The molecule has 0 spiro atoms. The van der Waals surface area contributed by atoms with Crippen LogP contribution >= 0.6 is 11.3 Å². The van der Waals surface area contributed by atoms with Crippen LogP contribution in [0.5, 0.6) is 0 Å². The van der Waals surface area contributed by atoms with Gasteiger partial charge in [0.05, 0.1) is 6.61 Å². The molecule has 0 aliphatic carbocycles. The molecule has 2 aromatic rings. The van der Waals surface area contributed by atoms with E-state index in [-0.39, 0.29) is 10.1 Å². The third-order valence-corrected chi connectivity index (χ3v) is 7.81. The largest absolute Gasteiger partial charge is 0.377 e. The van der Waals surface area contributed by atoms with E-state index in [4.69, 9.17) is 4.74 Å². The summed E-state index contributed by atoms with van der Waals surface area (Å²) < 4.78 is 32.5. The molecule has 1 aromatic carbocycles. The number of hydrogen-bond acceptors (Lipinski definition) is 5. The fourth-order valence-corrected chi connectivity index (χ4v) is 5.87. The first-order chi connectivity index (χ1) is 13.0. The third kappa shape index (κ3) is 4.76. The minimum Gasteiger partial charge on any atom is -0.377 e.